The second kappa shape index (κ2) is 17.2. The normalized spacial score (nSPS) is 14.6. The molecule has 0 radical (unpaired) electrons. The van der Waals surface area contributed by atoms with E-state index in [1.54, 1.807) is 0 Å². The summed E-state index contributed by atoms with van der Waals surface area (Å²) in [6.45, 7) is -0.421. The van der Waals surface area contributed by atoms with E-state index in [1.807, 2.05) is 6.92 Å². The van der Waals surface area contributed by atoms with E-state index >= 15 is 0 Å². The van der Waals surface area contributed by atoms with Gasteiger partial charge < -0.3 is 18.9 Å². The van der Waals surface area contributed by atoms with E-state index in [0.29, 0.717) is 12.8 Å². The number of carbonyl (C=O) groups excluding carboxylic acids is 1. The lowest BCUT2D eigenvalue weighted by atomic mass is 9.90. The van der Waals surface area contributed by atoms with Crippen molar-refractivity contribution in [2.75, 3.05) is 40.1 Å². The number of alkyl halides is 15. The van der Waals surface area contributed by atoms with E-state index in [2.05, 4.69) is 14.2 Å². The van der Waals surface area contributed by atoms with Crippen molar-refractivity contribution < 1.29 is 89.6 Å². The Bertz CT molecular complexity index is 921. The predicted molar refractivity (Wildman–Crippen MR) is 126 cm³/mol. The molecule has 0 spiro atoms. The molecule has 45 heavy (non-hydrogen) atoms. The van der Waals surface area contributed by atoms with Crippen molar-refractivity contribution in [2.45, 2.75) is 100 Å². The minimum atomic E-state index is -8.46. The first kappa shape index (κ1) is 42.9. The quantitative estimate of drug-likeness (QED) is 0.0352. The molecular weight excluding hydrogens is 665 g/mol. The number of allylic oxidation sites excluding steroid dienone is 1. The zero-order valence-electron chi connectivity index (χ0n) is 24.0. The smallest absolute Gasteiger partial charge is 0.460 e. The summed E-state index contributed by atoms with van der Waals surface area (Å²) in [5, 5.41) is 0. The first-order valence-corrected chi connectivity index (χ1v) is 13.3. The van der Waals surface area contributed by atoms with Crippen molar-refractivity contribution in [2.24, 2.45) is 0 Å². The summed E-state index contributed by atoms with van der Waals surface area (Å²) in [6.07, 6.45) is -4.07. The van der Waals surface area contributed by atoms with Gasteiger partial charge >= 0.3 is 47.7 Å². The molecule has 0 amide bonds. The fourth-order valence-corrected chi connectivity index (χ4v) is 3.36. The summed E-state index contributed by atoms with van der Waals surface area (Å²) in [5.41, 5.74) is 0. The number of unbranched alkanes of at least 4 members (excludes halogenated alkanes) is 7. The Labute approximate surface area is 248 Å². The van der Waals surface area contributed by atoms with E-state index in [0.717, 1.165) is 25.7 Å². The molecule has 0 aromatic carbocycles. The Morgan fingerprint density at radius 3 is 1.47 bits per heavy atom. The van der Waals surface area contributed by atoms with Crippen LogP contribution < -0.4 is 0 Å². The van der Waals surface area contributed by atoms with Crippen LogP contribution in [0.2, 0.25) is 0 Å². The Balaban J connectivity index is 6.24. The van der Waals surface area contributed by atoms with Gasteiger partial charge in [-0.3, -0.25) is 0 Å². The van der Waals surface area contributed by atoms with Crippen LogP contribution >= 0.6 is 0 Å². The number of rotatable bonds is 23. The Kier molecular flexibility index (Phi) is 16.3. The van der Waals surface area contributed by atoms with Crippen LogP contribution in [0, 0.1) is 0 Å². The van der Waals surface area contributed by atoms with Crippen LogP contribution in [0.3, 0.4) is 0 Å². The van der Waals surface area contributed by atoms with Crippen molar-refractivity contribution in [3.05, 3.63) is 11.8 Å². The van der Waals surface area contributed by atoms with Gasteiger partial charge in [0.15, 0.2) is 5.76 Å². The van der Waals surface area contributed by atoms with Crippen molar-refractivity contribution in [3.63, 3.8) is 0 Å². The molecule has 0 aromatic rings. The third kappa shape index (κ3) is 10.2. The van der Waals surface area contributed by atoms with E-state index in [4.69, 9.17) is 4.74 Å². The molecule has 0 heterocycles. The van der Waals surface area contributed by atoms with Crippen molar-refractivity contribution in [1.82, 2.24) is 0 Å². The second-order valence-electron chi connectivity index (χ2n) is 9.55. The van der Waals surface area contributed by atoms with Gasteiger partial charge in [-0.2, -0.15) is 65.9 Å². The van der Waals surface area contributed by atoms with Crippen LogP contribution in [0.25, 0.3) is 0 Å². The highest BCUT2D eigenvalue weighted by Crippen LogP contribution is 2.63. The molecule has 0 saturated carbocycles. The first-order valence-electron chi connectivity index (χ1n) is 13.3. The van der Waals surface area contributed by atoms with Gasteiger partial charge in [-0.25, -0.2) is 4.79 Å². The molecule has 0 aromatic heterocycles. The summed E-state index contributed by atoms with van der Waals surface area (Å²) in [6, 6.07) is 0. The zero-order valence-corrected chi connectivity index (χ0v) is 24.0. The van der Waals surface area contributed by atoms with Gasteiger partial charge in [-0.15, -0.1) is 0 Å². The van der Waals surface area contributed by atoms with Crippen LogP contribution in [0.15, 0.2) is 11.8 Å². The fourth-order valence-electron chi connectivity index (χ4n) is 3.36. The third-order valence-electron chi connectivity index (χ3n) is 6.05. The van der Waals surface area contributed by atoms with Crippen LogP contribution in [0.4, 0.5) is 65.9 Å². The largest absolute Gasteiger partial charge is 0.491 e. The molecule has 0 atom stereocenters. The summed E-state index contributed by atoms with van der Waals surface area (Å²) in [7, 11) is 1.28. The molecular formula is C25H33F15O5. The van der Waals surface area contributed by atoms with Crippen LogP contribution in [0.5, 0.6) is 0 Å². The minimum absolute atomic E-state index is 0.0404. The maximum absolute atomic E-state index is 14.8. The number of hydrogen-bond acceptors (Lipinski definition) is 5. The standard InChI is InChI=1S/C25H33F15O5/c1-3-4-5-6-7-8-9-10-11-44-17(16-18(41)45-15-14-43-13-12-42-2)19(26,27)20(28,29)21(30,31)22(32,33)23(34,35)24(36,37)25(38,39)40/h16H,3-15H2,1-2H3/b17-16-. The molecule has 0 aliphatic rings. The van der Waals surface area contributed by atoms with E-state index in [1.165, 1.54) is 7.11 Å². The van der Waals surface area contributed by atoms with E-state index in [-0.39, 0.29) is 26.1 Å². The summed E-state index contributed by atoms with van der Waals surface area (Å²) >= 11 is 0. The Hall–Kier alpha value is -2.12. The highest BCUT2D eigenvalue weighted by Gasteiger charge is 2.93. The maximum Gasteiger partial charge on any atom is 0.460 e. The SMILES string of the molecule is CCCCCCCCCCO/C(=C\C(=O)OCCOCCOC)C(F)(F)C(F)(F)C(F)(F)C(F)(F)C(F)(F)C(F)(F)C(F)(F)F. The van der Waals surface area contributed by atoms with Crippen molar-refractivity contribution in [1.29, 1.82) is 0 Å². The Morgan fingerprint density at radius 1 is 0.533 bits per heavy atom. The lowest BCUT2D eigenvalue weighted by Crippen LogP contribution is -2.72. The van der Waals surface area contributed by atoms with Crippen LogP contribution in [-0.4, -0.2) is 87.8 Å². The molecule has 5 nitrogen and oxygen atoms in total. The molecule has 0 N–H and O–H groups in total. The predicted octanol–water partition coefficient (Wildman–Crippen LogP) is 8.61. The zero-order chi connectivity index (χ0) is 35.4. The van der Waals surface area contributed by atoms with E-state index < -0.39 is 79.3 Å². The van der Waals surface area contributed by atoms with Crippen molar-refractivity contribution >= 4 is 5.97 Å². The highest BCUT2D eigenvalue weighted by atomic mass is 19.4. The summed E-state index contributed by atoms with van der Waals surface area (Å²) in [5.74, 6) is -52.9. The second-order valence-corrected chi connectivity index (χ2v) is 9.55. The van der Waals surface area contributed by atoms with Gasteiger partial charge in [0.2, 0.25) is 0 Å². The average Bonchev–Trinajstić information content (AvgIpc) is 2.92. The fraction of sp³-hybridized carbons (Fsp3) is 0.880. The number of esters is 1. The topological polar surface area (TPSA) is 54.0 Å². The van der Waals surface area contributed by atoms with Gasteiger partial charge in [-0.1, -0.05) is 51.9 Å². The Morgan fingerprint density at radius 2 is 0.978 bits per heavy atom. The molecule has 0 saturated heterocycles. The van der Waals surface area contributed by atoms with E-state index in [9.17, 15) is 70.7 Å². The highest BCUT2D eigenvalue weighted by molar-refractivity contribution is 5.82. The third-order valence-corrected chi connectivity index (χ3v) is 6.05. The molecule has 0 aliphatic heterocycles. The molecule has 268 valence electrons. The molecule has 0 aliphatic carbocycles. The molecule has 0 bridgehead atoms. The van der Waals surface area contributed by atoms with Gasteiger partial charge in [-0.05, 0) is 6.42 Å². The summed E-state index contributed by atoms with van der Waals surface area (Å²) in [4.78, 5) is 11.9. The summed E-state index contributed by atoms with van der Waals surface area (Å²) < 4.78 is 223. The first-order chi connectivity index (χ1) is 20.4. The molecule has 0 unspecified atom stereocenters. The number of carbonyl (C=O) groups is 1. The van der Waals surface area contributed by atoms with Gasteiger partial charge in [0.25, 0.3) is 0 Å². The monoisotopic (exact) mass is 698 g/mol. The lowest BCUT2D eigenvalue weighted by Gasteiger charge is -2.41. The molecule has 20 heteroatoms. The number of ether oxygens (including phenoxy) is 4. The maximum atomic E-state index is 14.8. The van der Waals surface area contributed by atoms with Crippen molar-refractivity contribution in [3.8, 4) is 0 Å². The number of halogens is 15. The van der Waals surface area contributed by atoms with Gasteiger partial charge in [0.1, 0.15) is 6.61 Å². The molecule has 0 fully saturated rings. The number of hydrogen-bond donors (Lipinski definition) is 0. The van der Waals surface area contributed by atoms with Crippen LogP contribution in [0.1, 0.15) is 58.3 Å². The minimum Gasteiger partial charge on any atom is -0.491 e. The number of methoxy groups -OCH3 is 1. The lowest BCUT2D eigenvalue weighted by molar-refractivity contribution is -0.451. The van der Waals surface area contributed by atoms with Gasteiger partial charge in [0, 0.05) is 7.11 Å². The van der Waals surface area contributed by atoms with Gasteiger partial charge in [0.05, 0.1) is 32.5 Å². The molecule has 0 rings (SSSR count). The average molecular weight is 699 g/mol. The van der Waals surface area contributed by atoms with Crippen LogP contribution in [-0.2, 0) is 23.7 Å².